The van der Waals surface area contributed by atoms with Crippen molar-refractivity contribution in [1.82, 2.24) is 0 Å². The number of aliphatic hydroxyl groups is 1. The number of hydrogen-bond acceptors (Lipinski definition) is 2. The smallest absolute Gasteiger partial charge is 0.0855 e. The highest BCUT2D eigenvalue weighted by Gasteiger charge is 2.33. The fraction of sp³-hybridized carbons (Fsp3) is 0.538. The first-order valence-corrected chi connectivity index (χ1v) is 5.69. The lowest BCUT2D eigenvalue weighted by atomic mass is 10.0. The van der Waals surface area contributed by atoms with E-state index in [-0.39, 0.29) is 18.3 Å². The van der Waals surface area contributed by atoms with Gasteiger partial charge >= 0.3 is 0 Å². The molecule has 0 aliphatic carbocycles. The van der Waals surface area contributed by atoms with Crippen molar-refractivity contribution in [2.45, 2.75) is 44.5 Å². The maximum absolute atomic E-state index is 9.83. The minimum atomic E-state index is -0.296. The summed E-state index contributed by atoms with van der Waals surface area (Å²) >= 11 is 0. The molecule has 1 aromatic rings. The molecular weight excluding hydrogens is 188 g/mol. The zero-order valence-electron chi connectivity index (χ0n) is 9.10. The second-order valence-electron chi connectivity index (χ2n) is 4.17. The van der Waals surface area contributed by atoms with Gasteiger partial charge in [-0.1, -0.05) is 43.7 Å². The zero-order valence-corrected chi connectivity index (χ0v) is 9.10. The monoisotopic (exact) mass is 206 g/mol. The Hall–Kier alpha value is -0.860. The molecule has 1 fully saturated rings. The minimum absolute atomic E-state index is 0.0280. The second kappa shape index (κ2) is 4.77. The summed E-state index contributed by atoms with van der Waals surface area (Å²) in [4.78, 5) is 0. The van der Waals surface area contributed by atoms with Crippen LogP contribution in [0.3, 0.4) is 0 Å². The Morgan fingerprint density at radius 3 is 2.73 bits per heavy atom. The fourth-order valence-corrected chi connectivity index (χ4v) is 2.16. The van der Waals surface area contributed by atoms with Gasteiger partial charge in [0, 0.05) is 6.42 Å². The predicted molar refractivity (Wildman–Crippen MR) is 59.6 cm³/mol. The molecule has 1 heterocycles. The Kier molecular flexibility index (Phi) is 3.39. The van der Waals surface area contributed by atoms with Crippen molar-refractivity contribution in [3.8, 4) is 0 Å². The van der Waals surface area contributed by atoms with Gasteiger partial charge in [0.05, 0.1) is 18.3 Å². The quantitative estimate of drug-likeness (QED) is 0.824. The first-order chi connectivity index (χ1) is 7.31. The molecule has 0 bridgehead atoms. The van der Waals surface area contributed by atoms with Crippen LogP contribution in [-0.4, -0.2) is 17.3 Å². The highest BCUT2D eigenvalue weighted by atomic mass is 16.5. The topological polar surface area (TPSA) is 29.5 Å². The highest BCUT2D eigenvalue weighted by Crippen LogP contribution is 2.34. The summed E-state index contributed by atoms with van der Waals surface area (Å²) in [6.45, 7) is 2.12. The van der Waals surface area contributed by atoms with Crippen LogP contribution in [0, 0.1) is 0 Å². The third kappa shape index (κ3) is 2.39. The molecule has 2 nitrogen and oxygen atoms in total. The molecule has 0 unspecified atom stereocenters. The molecule has 1 aromatic carbocycles. The van der Waals surface area contributed by atoms with Gasteiger partial charge in [-0.05, 0) is 12.0 Å². The van der Waals surface area contributed by atoms with Crippen molar-refractivity contribution < 1.29 is 9.84 Å². The summed E-state index contributed by atoms with van der Waals surface area (Å²) in [6, 6.07) is 10.1. The van der Waals surface area contributed by atoms with Crippen LogP contribution in [0.1, 0.15) is 37.9 Å². The lowest BCUT2D eigenvalue weighted by Gasteiger charge is -2.13. The highest BCUT2D eigenvalue weighted by molar-refractivity contribution is 5.18. The number of ether oxygens (including phenoxy) is 1. The van der Waals surface area contributed by atoms with Crippen molar-refractivity contribution in [1.29, 1.82) is 0 Å². The SMILES string of the molecule is CCC[C@H]1O[C@H](c2ccccc2)C[C@H]1O. The summed E-state index contributed by atoms with van der Waals surface area (Å²) in [5, 5.41) is 9.83. The summed E-state index contributed by atoms with van der Waals surface area (Å²) in [6.07, 6.45) is 2.55. The molecule has 82 valence electrons. The van der Waals surface area contributed by atoms with Gasteiger partial charge in [0.25, 0.3) is 0 Å². The van der Waals surface area contributed by atoms with Crippen LogP contribution in [0.4, 0.5) is 0 Å². The molecule has 15 heavy (non-hydrogen) atoms. The first-order valence-electron chi connectivity index (χ1n) is 5.69. The van der Waals surface area contributed by atoms with Gasteiger partial charge in [0.1, 0.15) is 0 Å². The molecule has 3 atom stereocenters. The predicted octanol–water partition coefficient (Wildman–Crippen LogP) is 2.68. The van der Waals surface area contributed by atoms with E-state index in [1.807, 2.05) is 18.2 Å². The zero-order chi connectivity index (χ0) is 10.7. The van der Waals surface area contributed by atoms with E-state index in [0.29, 0.717) is 0 Å². The summed E-state index contributed by atoms with van der Waals surface area (Å²) in [7, 11) is 0. The van der Waals surface area contributed by atoms with Gasteiger partial charge in [-0.25, -0.2) is 0 Å². The molecular formula is C13H18O2. The molecule has 1 saturated heterocycles. The van der Waals surface area contributed by atoms with Crippen molar-refractivity contribution >= 4 is 0 Å². The molecule has 0 amide bonds. The Morgan fingerprint density at radius 1 is 1.33 bits per heavy atom. The fourth-order valence-electron chi connectivity index (χ4n) is 2.16. The van der Waals surface area contributed by atoms with Crippen molar-refractivity contribution in [2.24, 2.45) is 0 Å². The molecule has 1 N–H and O–H groups in total. The lowest BCUT2D eigenvalue weighted by molar-refractivity contribution is 0.00449. The van der Waals surface area contributed by atoms with E-state index in [2.05, 4.69) is 19.1 Å². The number of rotatable bonds is 3. The molecule has 2 rings (SSSR count). The minimum Gasteiger partial charge on any atom is -0.390 e. The molecule has 0 spiro atoms. The van der Waals surface area contributed by atoms with Crippen molar-refractivity contribution in [3.05, 3.63) is 35.9 Å². The maximum atomic E-state index is 9.83. The van der Waals surface area contributed by atoms with E-state index in [1.165, 1.54) is 5.56 Å². The van der Waals surface area contributed by atoms with Crippen molar-refractivity contribution in [2.75, 3.05) is 0 Å². The molecule has 2 heteroatoms. The number of benzene rings is 1. The maximum Gasteiger partial charge on any atom is 0.0855 e. The molecule has 0 saturated carbocycles. The van der Waals surface area contributed by atoms with E-state index in [0.717, 1.165) is 19.3 Å². The third-order valence-corrected chi connectivity index (χ3v) is 2.97. The van der Waals surface area contributed by atoms with Crippen molar-refractivity contribution in [3.63, 3.8) is 0 Å². The average Bonchev–Trinajstić information content (AvgIpc) is 2.63. The largest absolute Gasteiger partial charge is 0.390 e. The lowest BCUT2D eigenvalue weighted by Crippen LogP contribution is -2.19. The standard InChI is InChI=1S/C13H18O2/c1-2-6-12-11(14)9-13(15-12)10-7-4-3-5-8-10/h3-5,7-8,11-14H,2,6,9H2,1H3/t11-,12-,13+/m1/s1. The van der Waals surface area contributed by atoms with Crippen LogP contribution in [0.2, 0.25) is 0 Å². The average molecular weight is 206 g/mol. The Balaban J connectivity index is 2.03. The Labute approximate surface area is 90.9 Å². The summed E-state index contributed by atoms with van der Waals surface area (Å²) in [5.41, 5.74) is 1.18. The van der Waals surface area contributed by atoms with Crippen LogP contribution in [-0.2, 0) is 4.74 Å². The third-order valence-electron chi connectivity index (χ3n) is 2.97. The van der Waals surface area contributed by atoms with Gasteiger partial charge in [0.2, 0.25) is 0 Å². The summed E-state index contributed by atoms with van der Waals surface area (Å²) in [5.74, 6) is 0. The van der Waals surface area contributed by atoms with Gasteiger partial charge in [-0.15, -0.1) is 0 Å². The van der Waals surface area contributed by atoms with Crippen LogP contribution in [0.15, 0.2) is 30.3 Å². The van der Waals surface area contributed by atoms with E-state index in [1.54, 1.807) is 0 Å². The molecule has 0 aromatic heterocycles. The second-order valence-corrected chi connectivity index (χ2v) is 4.17. The molecule has 1 aliphatic rings. The number of hydrogen-bond donors (Lipinski definition) is 1. The van der Waals surface area contributed by atoms with E-state index < -0.39 is 0 Å². The van der Waals surface area contributed by atoms with Crippen LogP contribution in [0.25, 0.3) is 0 Å². The number of aliphatic hydroxyl groups excluding tert-OH is 1. The van der Waals surface area contributed by atoms with Crippen LogP contribution >= 0.6 is 0 Å². The van der Waals surface area contributed by atoms with Gasteiger partial charge in [-0.3, -0.25) is 0 Å². The van der Waals surface area contributed by atoms with Gasteiger partial charge in [0.15, 0.2) is 0 Å². The van der Waals surface area contributed by atoms with Gasteiger partial charge < -0.3 is 9.84 Å². The Morgan fingerprint density at radius 2 is 2.07 bits per heavy atom. The van der Waals surface area contributed by atoms with Crippen LogP contribution < -0.4 is 0 Å². The van der Waals surface area contributed by atoms with E-state index >= 15 is 0 Å². The summed E-state index contributed by atoms with van der Waals surface area (Å²) < 4.78 is 5.85. The molecule has 1 aliphatic heterocycles. The van der Waals surface area contributed by atoms with E-state index in [4.69, 9.17) is 4.74 Å². The Bertz CT molecular complexity index is 297. The normalized spacial score (nSPS) is 30.7. The molecule has 0 radical (unpaired) electrons. The first kappa shape index (κ1) is 10.7. The van der Waals surface area contributed by atoms with Crippen LogP contribution in [0.5, 0.6) is 0 Å². The van der Waals surface area contributed by atoms with E-state index in [9.17, 15) is 5.11 Å². The van der Waals surface area contributed by atoms with Gasteiger partial charge in [-0.2, -0.15) is 0 Å².